The van der Waals surface area contributed by atoms with Crippen LogP contribution in [0.3, 0.4) is 0 Å². The molecule has 0 aliphatic heterocycles. The summed E-state index contributed by atoms with van der Waals surface area (Å²) >= 11 is 0. The van der Waals surface area contributed by atoms with Gasteiger partial charge in [-0.2, -0.15) is 0 Å². The predicted octanol–water partition coefficient (Wildman–Crippen LogP) is 1.32. The average Bonchev–Trinajstić information content (AvgIpc) is 2.35. The Hall–Kier alpha value is -1.39. The highest BCUT2D eigenvalue weighted by Gasteiger charge is 2.17. The summed E-state index contributed by atoms with van der Waals surface area (Å²) in [6.07, 6.45) is 0. The van der Waals surface area contributed by atoms with Crippen molar-refractivity contribution in [1.29, 1.82) is 0 Å². The fourth-order valence-electron chi connectivity index (χ4n) is 1.59. The van der Waals surface area contributed by atoms with Gasteiger partial charge >= 0.3 is 0 Å². The minimum absolute atomic E-state index is 0.0111. The topological polar surface area (TPSA) is 50.4 Å². The standard InChI is InChI=1S/C14H22N2O2/c1-14(2,11-18-3)16-10-13(17)15-9-12-7-5-4-6-8-12/h4-8,16H,9-11H2,1-3H3,(H,15,17). The molecule has 1 rings (SSSR count). The molecule has 0 atom stereocenters. The third-order valence-electron chi connectivity index (χ3n) is 2.57. The Labute approximate surface area is 109 Å². The van der Waals surface area contributed by atoms with Crippen LogP contribution in [0.25, 0.3) is 0 Å². The molecule has 100 valence electrons. The van der Waals surface area contributed by atoms with Crippen molar-refractivity contribution in [2.24, 2.45) is 0 Å². The maximum absolute atomic E-state index is 11.7. The number of carbonyl (C=O) groups excluding carboxylic acids is 1. The largest absolute Gasteiger partial charge is 0.383 e. The van der Waals surface area contributed by atoms with E-state index in [4.69, 9.17) is 4.74 Å². The van der Waals surface area contributed by atoms with Crippen LogP contribution in [0.4, 0.5) is 0 Å². The van der Waals surface area contributed by atoms with E-state index < -0.39 is 0 Å². The Bertz CT molecular complexity index is 363. The normalized spacial score (nSPS) is 11.3. The monoisotopic (exact) mass is 250 g/mol. The third-order valence-corrected chi connectivity index (χ3v) is 2.57. The van der Waals surface area contributed by atoms with Gasteiger partial charge in [-0.05, 0) is 19.4 Å². The second kappa shape index (κ2) is 7.13. The van der Waals surface area contributed by atoms with Crippen molar-refractivity contribution in [3.63, 3.8) is 0 Å². The number of nitrogens with one attached hydrogen (secondary N) is 2. The van der Waals surface area contributed by atoms with E-state index in [1.165, 1.54) is 0 Å². The molecule has 0 heterocycles. The van der Waals surface area contributed by atoms with E-state index in [0.717, 1.165) is 5.56 Å². The summed E-state index contributed by atoms with van der Waals surface area (Å²) in [7, 11) is 1.65. The van der Waals surface area contributed by atoms with E-state index in [9.17, 15) is 4.79 Å². The van der Waals surface area contributed by atoms with Gasteiger partial charge in [0, 0.05) is 19.2 Å². The molecule has 4 heteroatoms. The van der Waals surface area contributed by atoms with Crippen LogP contribution in [0.15, 0.2) is 30.3 Å². The van der Waals surface area contributed by atoms with Gasteiger partial charge in [-0.15, -0.1) is 0 Å². The Morgan fingerprint density at radius 2 is 1.94 bits per heavy atom. The van der Waals surface area contributed by atoms with Crippen LogP contribution in [-0.4, -0.2) is 31.7 Å². The van der Waals surface area contributed by atoms with Gasteiger partial charge in [0.2, 0.25) is 5.91 Å². The van der Waals surface area contributed by atoms with Crippen LogP contribution in [0.1, 0.15) is 19.4 Å². The molecule has 1 amide bonds. The molecule has 0 radical (unpaired) electrons. The first kappa shape index (κ1) is 14.7. The zero-order valence-corrected chi connectivity index (χ0v) is 11.3. The lowest BCUT2D eigenvalue weighted by molar-refractivity contribution is -0.120. The summed E-state index contributed by atoms with van der Waals surface area (Å²) < 4.78 is 5.07. The number of hydrogen-bond donors (Lipinski definition) is 2. The molecule has 0 unspecified atom stereocenters. The van der Waals surface area contributed by atoms with Crippen LogP contribution in [0.2, 0.25) is 0 Å². The number of hydrogen-bond acceptors (Lipinski definition) is 3. The molecule has 0 bridgehead atoms. The fourth-order valence-corrected chi connectivity index (χ4v) is 1.59. The lowest BCUT2D eigenvalue weighted by Crippen LogP contribution is -2.47. The summed E-state index contributed by atoms with van der Waals surface area (Å²) in [5, 5.41) is 6.03. The molecule has 0 aromatic heterocycles. The molecule has 2 N–H and O–H groups in total. The van der Waals surface area contributed by atoms with Gasteiger partial charge in [0.1, 0.15) is 0 Å². The van der Waals surface area contributed by atoms with Crippen LogP contribution < -0.4 is 10.6 Å². The number of benzene rings is 1. The number of amides is 1. The van der Waals surface area contributed by atoms with Gasteiger partial charge in [-0.1, -0.05) is 30.3 Å². The smallest absolute Gasteiger partial charge is 0.234 e. The maximum Gasteiger partial charge on any atom is 0.234 e. The molecule has 0 saturated carbocycles. The molecule has 0 fully saturated rings. The molecular weight excluding hydrogens is 228 g/mol. The predicted molar refractivity (Wildman–Crippen MR) is 72.2 cm³/mol. The first-order valence-corrected chi connectivity index (χ1v) is 6.08. The third kappa shape index (κ3) is 5.80. The van der Waals surface area contributed by atoms with E-state index in [-0.39, 0.29) is 11.4 Å². The molecule has 4 nitrogen and oxygen atoms in total. The molecule has 1 aromatic rings. The van der Waals surface area contributed by atoms with Crippen molar-refractivity contribution >= 4 is 5.91 Å². The Morgan fingerprint density at radius 3 is 2.56 bits per heavy atom. The minimum atomic E-state index is -0.196. The molecule has 0 aliphatic carbocycles. The summed E-state index contributed by atoms with van der Waals surface area (Å²) in [5.74, 6) is -0.0111. The zero-order chi connectivity index (χ0) is 13.4. The number of rotatable bonds is 7. The van der Waals surface area contributed by atoms with Gasteiger partial charge in [0.15, 0.2) is 0 Å². The van der Waals surface area contributed by atoms with E-state index in [1.54, 1.807) is 7.11 Å². The number of ether oxygens (including phenoxy) is 1. The highest BCUT2D eigenvalue weighted by Crippen LogP contribution is 2.01. The Morgan fingerprint density at radius 1 is 1.28 bits per heavy atom. The highest BCUT2D eigenvalue weighted by atomic mass is 16.5. The van der Waals surface area contributed by atoms with E-state index >= 15 is 0 Å². The van der Waals surface area contributed by atoms with Gasteiger partial charge in [0.05, 0.1) is 13.2 Å². The molecule has 0 saturated heterocycles. The summed E-state index contributed by atoms with van der Waals surface area (Å²) in [5.41, 5.74) is 0.903. The fraction of sp³-hybridized carbons (Fsp3) is 0.500. The first-order valence-electron chi connectivity index (χ1n) is 6.08. The SMILES string of the molecule is COCC(C)(C)NCC(=O)NCc1ccccc1. The average molecular weight is 250 g/mol. The van der Waals surface area contributed by atoms with Gasteiger partial charge in [-0.3, -0.25) is 4.79 Å². The van der Waals surface area contributed by atoms with Gasteiger partial charge in [-0.25, -0.2) is 0 Å². The first-order chi connectivity index (χ1) is 8.53. The highest BCUT2D eigenvalue weighted by molar-refractivity contribution is 5.78. The lowest BCUT2D eigenvalue weighted by Gasteiger charge is -2.24. The summed E-state index contributed by atoms with van der Waals surface area (Å²) in [6.45, 7) is 5.43. The molecular formula is C14H22N2O2. The van der Waals surface area contributed by atoms with Crippen molar-refractivity contribution in [1.82, 2.24) is 10.6 Å². The van der Waals surface area contributed by atoms with Crippen molar-refractivity contribution in [2.45, 2.75) is 25.9 Å². The minimum Gasteiger partial charge on any atom is -0.383 e. The summed E-state index contributed by atoms with van der Waals surface area (Å²) in [6, 6.07) is 9.86. The van der Waals surface area contributed by atoms with Crippen LogP contribution in [-0.2, 0) is 16.1 Å². The van der Waals surface area contributed by atoms with Gasteiger partial charge < -0.3 is 15.4 Å². The maximum atomic E-state index is 11.7. The second-order valence-corrected chi connectivity index (χ2v) is 4.93. The van der Waals surface area contributed by atoms with Crippen LogP contribution >= 0.6 is 0 Å². The van der Waals surface area contributed by atoms with Crippen molar-refractivity contribution < 1.29 is 9.53 Å². The number of methoxy groups -OCH3 is 1. The molecule has 18 heavy (non-hydrogen) atoms. The molecule has 0 spiro atoms. The molecule has 0 aliphatic rings. The Balaban J connectivity index is 2.26. The quantitative estimate of drug-likeness (QED) is 0.767. The van der Waals surface area contributed by atoms with Crippen LogP contribution in [0.5, 0.6) is 0 Å². The summed E-state index contributed by atoms with van der Waals surface area (Å²) in [4.78, 5) is 11.7. The number of carbonyl (C=O) groups is 1. The Kier molecular flexibility index (Phi) is 5.82. The lowest BCUT2D eigenvalue weighted by atomic mass is 10.1. The van der Waals surface area contributed by atoms with E-state index in [2.05, 4.69) is 10.6 Å². The second-order valence-electron chi connectivity index (χ2n) is 4.93. The van der Waals surface area contributed by atoms with E-state index in [1.807, 2.05) is 44.2 Å². The zero-order valence-electron chi connectivity index (χ0n) is 11.3. The van der Waals surface area contributed by atoms with Gasteiger partial charge in [0.25, 0.3) is 0 Å². The molecule has 1 aromatic carbocycles. The van der Waals surface area contributed by atoms with Crippen molar-refractivity contribution in [3.8, 4) is 0 Å². The van der Waals surface area contributed by atoms with Crippen LogP contribution in [0, 0.1) is 0 Å². The van der Waals surface area contributed by atoms with Crippen molar-refractivity contribution in [3.05, 3.63) is 35.9 Å². The van der Waals surface area contributed by atoms with Crippen molar-refractivity contribution in [2.75, 3.05) is 20.3 Å². The van der Waals surface area contributed by atoms with E-state index in [0.29, 0.717) is 19.7 Å².